The van der Waals surface area contributed by atoms with Gasteiger partial charge < -0.3 is 9.47 Å². The van der Waals surface area contributed by atoms with E-state index in [0.717, 1.165) is 18.5 Å². The molecule has 3 heteroatoms. The van der Waals surface area contributed by atoms with Gasteiger partial charge in [0.05, 0.1) is 13.0 Å². The molecule has 0 radical (unpaired) electrons. The number of benzene rings is 1. The minimum Gasteiger partial charge on any atom is -0.353 e. The first-order chi connectivity index (χ1) is 9.70. The quantitative estimate of drug-likeness (QED) is 0.792. The van der Waals surface area contributed by atoms with Gasteiger partial charge in [-0.25, -0.2) is 0 Å². The standard InChI is InChI=1S/C17H22N2O/c1-3-11-19(14-16-10-7-12-18(16)2)17(20)13-15-8-5-4-6-9-15/h4-10,12H,3,11,13-14H2,1-2H3. The minimum absolute atomic E-state index is 0.194. The van der Waals surface area contributed by atoms with Gasteiger partial charge in [0.2, 0.25) is 5.91 Å². The molecule has 0 unspecified atom stereocenters. The predicted octanol–water partition coefficient (Wildman–Crippen LogP) is 3.01. The second-order valence-corrected chi connectivity index (χ2v) is 5.09. The molecule has 2 aromatic rings. The second-order valence-electron chi connectivity index (χ2n) is 5.09. The molecule has 106 valence electrons. The maximum Gasteiger partial charge on any atom is 0.227 e. The first-order valence-electron chi connectivity index (χ1n) is 7.12. The molecule has 0 spiro atoms. The minimum atomic E-state index is 0.194. The van der Waals surface area contributed by atoms with Crippen LogP contribution in [-0.2, 0) is 24.8 Å². The number of aromatic nitrogens is 1. The maximum atomic E-state index is 12.5. The Balaban J connectivity index is 2.04. The van der Waals surface area contributed by atoms with Gasteiger partial charge in [0, 0.05) is 25.5 Å². The molecule has 0 aliphatic carbocycles. The molecule has 0 aliphatic heterocycles. The highest BCUT2D eigenvalue weighted by Crippen LogP contribution is 2.09. The molecule has 20 heavy (non-hydrogen) atoms. The van der Waals surface area contributed by atoms with Crippen LogP contribution in [0, 0.1) is 0 Å². The van der Waals surface area contributed by atoms with Gasteiger partial charge in [0.15, 0.2) is 0 Å². The summed E-state index contributed by atoms with van der Waals surface area (Å²) in [7, 11) is 2.02. The van der Waals surface area contributed by atoms with E-state index in [4.69, 9.17) is 0 Å². The Morgan fingerprint density at radius 1 is 1.15 bits per heavy atom. The van der Waals surface area contributed by atoms with Crippen molar-refractivity contribution in [3.8, 4) is 0 Å². The zero-order chi connectivity index (χ0) is 14.4. The zero-order valence-electron chi connectivity index (χ0n) is 12.2. The summed E-state index contributed by atoms with van der Waals surface area (Å²) in [6.07, 6.45) is 3.47. The number of hydrogen-bond acceptors (Lipinski definition) is 1. The van der Waals surface area contributed by atoms with Crippen molar-refractivity contribution in [1.82, 2.24) is 9.47 Å². The van der Waals surface area contributed by atoms with Crippen molar-refractivity contribution in [1.29, 1.82) is 0 Å². The van der Waals surface area contributed by atoms with E-state index in [0.29, 0.717) is 13.0 Å². The normalized spacial score (nSPS) is 10.5. The number of amides is 1. The number of carbonyl (C=O) groups excluding carboxylic acids is 1. The Kier molecular flexibility index (Phi) is 4.99. The zero-order valence-corrected chi connectivity index (χ0v) is 12.2. The van der Waals surface area contributed by atoms with E-state index in [2.05, 4.69) is 17.6 Å². The van der Waals surface area contributed by atoms with Crippen molar-refractivity contribution in [2.75, 3.05) is 6.54 Å². The monoisotopic (exact) mass is 270 g/mol. The molecule has 1 aromatic carbocycles. The third-order valence-corrected chi connectivity index (χ3v) is 3.45. The van der Waals surface area contributed by atoms with Crippen LogP contribution in [0.5, 0.6) is 0 Å². The highest BCUT2D eigenvalue weighted by atomic mass is 16.2. The molecule has 0 atom stereocenters. The third-order valence-electron chi connectivity index (χ3n) is 3.45. The van der Waals surface area contributed by atoms with E-state index in [-0.39, 0.29) is 5.91 Å². The smallest absolute Gasteiger partial charge is 0.227 e. The van der Waals surface area contributed by atoms with Crippen LogP contribution in [0.2, 0.25) is 0 Å². The SMILES string of the molecule is CCCN(Cc1cccn1C)C(=O)Cc1ccccc1. The lowest BCUT2D eigenvalue weighted by Gasteiger charge is -2.22. The largest absolute Gasteiger partial charge is 0.353 e. The molecule has 3 nitrogen and oxygen atoms in total. The topological polar surface area (TPSA) is 25.2 Å². The van der Waals surface area contributed by atoms with E-state index < -0.39 is 0 Å². The summed E-state index contributed by atoms with van der Waals surface area (Å²) in [5.74, 6) is 0.194. The van der Waals surface area contributed by atoms with Crippen molar-refractivity contribution in [3.63, 3.8) is 0 Å². The van der Waals surface area contributed by atoms with E-state index >= 15 is 0 Å². The van der Waals surface area contributed by atoms with Crippen molar-refractivity contribution in [3.05, 3.63) is 59.9 Å². The van der Waals surface area contributed by atoms with E-state index in [1.807, 2.05) is 54.5 Å². The predicted molar refractivity (Wildman–Crippen MR) is 81.3 cm³/mol. The summed E-state index contributed by atoms with van der Waals surface area (Å²) in [5, 5.41) is 0. The summed E-state index contributed by atoms with van der Waals surface area (Å²) in [6, 6.07) is 14.0. The van der Waals surface area contributed by atoms with E-state index in [1.165, 1.54) is 5.69 Å². The Hall–Kier alpha value is -2.03. The van der Waals surface area contributed by atoms with Crippen molar-refractivity contribution >= 4 is 5.91 Å². The van der Waals surface area contributed by atoms with Crippen LogP contribution in [0.25, 0.3) is 0 Å². The average molecular weight is 270 g/mol. The van der Waals surface area contributed by atoms with Crippen LogP contribution in [0.4, 0.5) is 0 Å². The molecule has 0 saturated carbocycles. The van der Waals surface area contributed by atoms with Gasteiger partial charge in [-0.2, -0.15) is 0 Å². The number of nitrogens with zero attached hydrogens (tertiary/aromatic N) is 2. The van der Waals surface area contributed by atoms with Gasteiger partial charge in [-0.05, 0) is 24.1 Å². The lowest BCUT2D eigenvalue weighted by atomic mass is 10.1. The molecule has 1 aromatic heterocycles. The molecular weight excluding hydrogens is 248 g/mol. The lowest BCUT2D eigenvalue weighted by molar-refractivity contribution is -0.131. The van der Waals surface area contributed by atoms with Crippen LogP contribution >= 0.6 is 0 Å². The van der Waals surface area contributed by atoms with Gasteiger partial charge in [0.25, 0.3) is 0 Å². The number of carbonyl (C=O) groups is 1. The fourth-order valence-electron chi connectivity index (χ4n) is 2.30. The first kappa shape index (κ1) is 14.4. The van der Waals surface area contributed by atoms with Crippen LogP contribution in [0.1, 0.15) is 24.6 Å². The average Bonchev–Trinajstić information content (AvgIpc) is 2.85. The molecule has 0 bridgehead atoms. The Bertz CT molecular complexity index is 545. The molecular formula is C17H22N2O. The van der Waals surface area contributed by atoms with Crippen LogP contribution < -0.4 is 0 Å². The third kappa shape index (κ3) is 3.73. The molecule has 0 N–H and O–H groups in total. The lowest BCUT2D eigenvalue weighted by Crippen LogP contribution is -2.33. The fraction of sp³-hybridized carbons (Fsp3) is 0.353. The summed E-state index contributed by atoms with van der Waals surface area (Å²) >= 11 is 0. The summed E-state index contributed by atoms with van der Waals surface area (Å²) < 4.78 is 2.07. The molecule has 0 aliphatic rings. The molecule has 1 amide bonds. The Morgan fingerprint density at radius 2 is 1.90 bits per heavy atom. The van der Waals surface area contributed by atoms with E-state index in [1.54, 1.807) is 0 Å². The van der Waals surface area contributed by atoms with Crippen LogP contribution in [-0.4, -0.2) is 21.9 Å². The molecule has 1 heterocycles. The van der Waals surface area contributed by atoms with E-state index in [9.17, 15) is 4.79 Å². The number of rotatable bonds is 6. The fourth-order valence-corrected chi connectivity index (χ4v) is 2.30. The van der Waals surface area contributed by atoms with Crippen molar-refractivity contribution < 1.29 is 4.79 Å². The molecule has 0 saturated heterocycles. The highest BCUT2D eigenvalue weighted by Gasteiger charge is 2.14. The summed E-state index contributed by atoms with van der Waals surface area (Å²) in [5.41, 5.74) is 2.24. The highest BCUT2D eigenvalue weighted by molar-refractivity contribution is 5.78. The molecule has 2 rings (SSSR count). The van der Waals surface area contributed by atoms with Crippen LogP contribution in [0.3, 0.4) is 0 Å². The van der Waals surface area contributed by atoms with Crippen molar-refractivity contribution in [2.24, 2.45) is 7.05 Å². The first-order valence-corrected chi connectivity index (χ1v) is 7.12. The van der Waals surface area contributed by atoms with Gasteiger partial charge in [-0.3, -0.25) is 4.79 Å². The van der Waals surface area contributed by atoms with Crippen LogP contribution in [0.15, 0.2) is 48.7 Å². The van der Waals surface area contributed by atoms with Gasteiger partial charge in [-0.15, -0.1) is 0 Å². The number of hydrogen-bond donors (Lipinski definition) is 0. The Labute approximate surface area is 120 Å². The summed E-state index contributed by atoms with van der Waals surface area (Å²) in [4.78, 5) is 14.4. The molecule has 0 fully saturated rings. The van der Waals surface area contributed by atoms with Gasteiger partial charge in [0.1, 0.15) is 0 Å². The van der Waals surface area contributed by atoms with Gasteiger partial charge in [-0.1, -0.05) is 37.3 Å². The number of aryl methyl sites for hydroxylation is 1. The second kappa shape index (κ2) is 6.94. The Morgan fingerprint density at radius 3 is 2.50 bits per heavy atom. The maximum absolute atomic E-state index is 12.5. The van der Waals surface area contributed by atoms with Crippen molar-refractivity contribution in [2.45, 2.75) is 26.3 Å². The summed E-state index contributed by atoms with van der Waals surface area (Å²) in [6.45, 7) is 3.59. The van der Waals surface area contributed by atoms with Gasteiger partial charge >= 0.3 is 0 Å².